The summed E-state index contributed by atoms with van der Waals surface area (Å²) in [6.45, 7) is 2.43. The first-order valence-electron chi connectivity index (χ1n) is 6.39. The molecule has 88 valence electrons. The third-order valence-corrected chi connectivity index (χ3v) is 4.53. The minimum absolute atomic E-state index is 0.612. The Hall–Kier alpha value is -1.35. The lowest BCUT2D eigenvalue weighted by Crippen LogP contribution is -2.51. The maximum Gasteiger partial charge on any atom is 0.181 e. The van der Waals surface area contributed by atoms with Crippen molar-refractivity contribution in [2.45, 2.75) is 25.2 Å². The van der Waals surface area contributed by atoms with Crippen molar-refractivity contribution in [2.75, 3.05) is 13.1 Å². The number of nitrogens with one attached hydrogen (secondary N) is 1. The second kappa shape index (κ2) is 3.33. The van der Waals surface area contributed by atoms with Gasteiger partial charge in [0, 0.05) is 13.1 Å². The van der Waals surface area contributed by atoms with Crippen molar-refractivity contribution in [3.63, 3.8) is 0 Å². The minimum Gasteiger partial charge on any atom is -0.443 e. The molecule has 1 N–H and O–H groups in total. The minimum atomic E-state index is 0.612. The lowest BCUT2D eigenvalue weighted by atomic mass is 9.79. The van der Waals surface area contributed by atoms with Gasteiger partial charge in [0.1, 0.15) is 5.52 Å². The lowest BCUT2D eigenvalue weighted by Gasteiger charge is -2.39. The van der Waals surface area contributed by atoms with Gasteiger partial charge < -0.3 is 9.73 Å². The number of fused-ring (bicyclic) bond motifs is 1. The highest BCUT2D eigenvalue weighted by atomic mass is 16.3. The zero-order valence-electron chi connectivity index (χ0n) is 9.78. The number of hydrogen-bond donors (Lipinski definition) is 1. The van der Waals surface area contributed by atoms with Gasteiger partial charge in [0.2, 0.25) is 0 Å². The molecule has 4 rings (SSSR count). The Labute approximate surface area is 100 Å². The van der Waals surface area contributed by atoms with Gasteiger partial charge in [0.15, 0.2) is 12.0 Å². The van der Waals surface area contributed by atoms with Crippen molar-refractivity contribution in [1.29, 1.82) is 0 Å². The van der Waals surface area contributed by atoms with Crippen LogP contribution < -0.4 is 5.32 Å². The standard InChI is InChI=1S/C14H16N2O/c1-2-12-13(17-9-16-12)5-10(1)11-3-4-14(6-11)7-15-8-14/h1-2,5,9,11,15H,3-4,6-8H2. The summed E-state index contributed by atoms with van der Waals surface area (Å²) in [4.78, 5) is 4.17. The molecule has 2 aliphatic rings. The van der Waals surface area contributed by atoms with E-state index in [1.54, 1.807) is 0 Å². The molecule has 1 aromatic carbocycles. The van der Waals surface area contributed by atoms with Gasteiger partial charge in [-0.2, -0.15) is 0 Å². The smallest absolute Gasteiger partial charge is 0.181 e. The Kier molecular flexibility index (Phi) is 1.89. The molecule has 1 saturated heterocycles. The number of hydrogen-bond acceptors (Lipinski definition) is 3. The van der Waals surface area contributed by atoms with Crippen molar-refractivity contribution in [1.82, 2.24) is 10.3 Å². The molecule has 2 fully saturated rings. The Morgan fingerprint density at radius 2 is 2.29 bits per heavy atom. The molecular formula is C14H16N2O. The van der Waals surface area contributed by atoms with E-state index in [0.29, 0.717) is 11.3 Å². The second-order valence-corrected chi connectivity index (χ2v) is 5.62. The van der Waals surface area contributed by atoms with Gasteiger partial charge in [0.25, 0.3) is 0 Å². The number of nitrogens with zero attached hydrogens (tertiary/aromatic N) is 1. The van der Waals surface area contributed by atoms with E-state index in [4.69, 9.17) is 4.42 Å². The fraction of sp³-hybridized carbons (Fsp3) is 0.500. The summed E-state index contributed by atoms with van der Waals surface area (Å²) in [6.07, 6.45) is 5.56. The largest absolute Gasteiger partial charge is 0.443 e. The van der Waals surface area contributed by atoms with E-state index in [2.05, 4.69) is 28.5 Å². The van der Waals surface area contributed by atoms with Crippen molar-refractivity contribution in [3.05, 3.63) is 30.2 Å². The van der Waals surface area contributed by atoms with E-state index < -0.39 is 0 Å². The first-order chi connectivity index (χ1) is 8.35. The Bertz CT molecular complexity index is 556. The Balaban J connectivity index is 1.65. The average Bonchev–Trinajstić information content (AvgIpc) is 2.94. The summed E-state index contributed by atoms with van der Waals surface area (Å²) in [5.41, 5.74) is 3.93. The van der Waals surface area contributed by atoms with E-state index in [9.17, 15) is 0 Å². The molecule has 2 heterocycles. The topological polar surface area (TPSA) is 38.1 Å². The van der Waals surface area contributed by atoms with Crippen LogP contribution in [-0.2, 0) is 0 Å². The molecular weight excluding hydrogens is 212 g/mol. The molecule has 1 aromatic heterocycles. The van der Waals surface area contributed by atoms with Crippen LogP contribution in [0.4, 0.5) is 0 Å². The van der Waals surface area contributed by atoms with Gasteiger partial charge in [-0.1, -0.05) is 6.07 Å². The van der Waals surface area contributed by atoms with Crippen LogP contribution >= 0.6 is 0 Å². The normalized spacial score (nSPS) is 26.5. The highest BCUT2D eigenvalue weighted by molar-refractivity contribution is 5.72. The molecule has 17 heavy (non-hydrogen) atoms. The number of rotatable bonds is 1. The molecule has 3 nitrogen and oxygen atoms in total. The Morgan fingerprint density at radius 1 is 1.35 bits per heavy atom. The van der Waals surface area contributed by atoms with E-state index in [-0.39, 0.29) is 0 Å². The van der Waals surface area contributed by atoms with Crippen molar-refractivity contribution < 1.29 is 4.42 Å². The molecule has 1 aliphatic carbocycles. The Morgan fingerprint density at radius 3 is 3.06 bits per heavy atom. The highest BCUT2D eigenvalue weighted by Crippen LogP contribution is 2.48. The zero-order chi connectivity index (χ0) is 11.3. The van der Waals surface area contributed by atoms with Crippen molar-refractivity contribution >= 4 is 11.1 Å². The summed E-state index contributed by atoms with van der Waals surface area (Å²) in [5.74, 6) is 0.714. The molecule has 3 heteroatoms. The highest BCUT2D eigenvalue weighted by Gasteiger charge is 2.43. The first-order valence-corrected chi connectivity index (χ1v) is 6.39. The summed E-state index contributed by atoms with van der Waals surface area (Å²) in [7, 11) is 0. The predicted octanol–water partition coefficient (Wildman–Crippen LogP) is 2.68. The average molecular weight is 228 g/mol. The summed E-state index contributed by atoms with van der Waals surface area (Å²) in [6, 6.07) is 6.48. The molecule has 1 saturated carbocycles. The summed E-state index contributed by atoms with van der Waals surface area (Å²) >= 11 is 0. The molecule has 0 amide bonds. The summed E-state index contributed by atoms with van der Waals surface area (Å²) < 4.78 is 5.39. The third kappa shape index (κ3) is 1.42. The summed E-state index contributed by atoms with van der Waals surface area (Å²) in [5, 5.41) is 3.41. The van der Waals surface area contributed by atoms with Gasteiger partial charge in [-0.25, -0.2) is 4.98 Å². The monoisotopic (exact) mass is 228 g/mol. The number of benzene rings is 1. The second-order valence-electron chi connectivity index (χ2n) is 5.62. The molecule has 0 bridgehead atoms. The van der Waals surface area contributed by atoms with E-state index in [1.165, 1.54) is 44.3 Å². The lowest BCUT2D eigenvalue weighted by molar-refractivity contribution is 0.175. The van der Waals surface area contributed by atoms with Crippen LogP contribution in [-0.4, -0.2) is 18.1 Å². The van der Waals surface area contributed by atoms with E-state index >= 15 is 0 Å². The molecule has 1 spiro atoms. The fourth-order valence-electron chi connectivity index (χ4n) is 3.42. The number of aromatic nitrogens is 1. The molecule has 1 atom stereocenters. The zero-order valence-corrected chi connectivity index (χ0v) is 9.78. The van der Waals surface area contributed by atoms with Crippen LogP contribution in [0.25, 0.3) is 11.1 Å². The molecule has 1 aliphatic heterocycles. The maximum absolute atomic E-state index is 5.39. The van der Waals surface area contributed by atoms with Crippen LogP contribution in [0, 0.1) is 5.41 Å². The predicted molar refractivity (Wildman–Crippen MR) is 65.9 cm³/mol. The number of oxazole rings is 1. The quantitative estimate of drug-likeness (QED) is 0.815. The van der Waals surface area contributed by atoms with Crippen LogP contribution in [0.5, 0.6) is 0 Å². The molecule has 0 radical (unpaired) electrons. The SMILES string of the molecule is c1nc2ccc(C3CCC4(CNC4)C3)cc2o1. The molecule has 2 aromatic rings. The fourth-order valence-corrected chi connectivity index (χ4v) is 3.42. The maximum atomic E-state index is 5.39. The third-order valence-electron chi connectivity index (χ3n) is 4.53. The van der Waals surface area contributed by atoms with Gasteiger partial charge in [0.05, 0.1) is 0 Å². The first kappa shape index (κ1) is 9.66. The van der Waals surface area contributed by atoms with Gasteiger partial charge in [-0.05, 0) is 48.3 Å². The van der Waals surface area contributed by atoms with E-state index in [1.807, 2.05) is 0 Å². The van der Waals surface area contributed by atoms with Crippen LogP contribution in [0.3, 0.4) is 0 Å². The van der Waals surface area contributed by atoms with Gasteiger partial charge >= 0.3 is 0 Å². The van der Waals surface area contributed by atoms with Crippen molar-refractivity contribution in [2.24, 2.45) is 5.41 Å². The van der Waals surface area contributed by atoms with E-state index in [0.717, 1.165) is 11.1 Å². The van der Waals surface area contributed by atoms with Gasteiger partial charge in [-0.3, -0.25) is 0 Å². The molecule has 1 unspecified atom stereocenters. The van der Waals surface area contributed by atoms with Crippen molar-refractivity contribution in [3.8, 4) is 0 Å². The van der Waals surface area contributed by atoms with Crippen LogP contribution in [0.1, 0.15) is 30.7 Å². The van der Waals surface area contributed by atoms with Crippen LogP contribution in [0.15, 0.2) is 29.0 Å². The van der Waals surface area contributed by atoms with Gasteiger partial charge in [-0.15, -0.1) is 0 Å². The van der Waals surface area contributed by atoms with Crippen LogP contribution in [0.2, 0.25) is 0 Å².